The van der Waals surface area contributed by atoms with Gasteiger partial charge in [0.2, 0.25) is 10.0 Å². The fraction of sp³-hybridized carbons (Fsp3) is 0.500. The van der Waals surface area contributed by atoms with Crippen molar-refractivity contribution in [3.05, 3.63) is 54.1 Å². The predicted molar refractivity (Wildman–Crippen MR) is 114 cm³/mol. The zero-order chi connectivity index (χ0) is 20.9. The van der Waals surface area contributed by atoms with Crippen LogP contribution in [0.3, 0.4) is 0 Å². The minimum Gasteiger partial charge on any atom is -0.407 e. The largest absolute Gasteiger partial charge is 0.407 e. The van der Waals surface area contributed by atoms with E-state index in [1.807, 2.05) is 6.92 Å². The van der Waals surface area contributed by atoms with Gasteiger partial charge in [0.1, 0.15) is 0 Å². The number of sulfonamides is 1. The molecule has 0 aliphatic heterocycles. The third-order valence-corrected chi connectivity index (χ3v) is 10.8. The second-order valence-corrected chi connectivity index (χ2v) is 14.7. The summed E-state index contributed by atoms with van der Waals surface area (Å²) in [5, 5.41) is 9.69. The van der Waals surface area contributed by atoms with Gasteiger partial charge in [-0.25, -0.2) is 13.1 Å². The Hall–Kier alpha value is -1.25. The lowest BCUT2D eigenvalue weighted by Gasteiger charge is -2.38. The Morgan fingerprint density at radius 1 is 1.30 bits per heavy atom. The summed E-state index contributed by atoms with van der Waals surface area (Å²) in [4.78, 5) is 0.197. The Kier molecular flexibility index (Phi) is 8.19. The van der Waals surface area contributed by atoms with Crippen molar-refractivity contribution in [2.24, 2.45) is 0 Å². The number of benzene rings is 1. The average Bonchev–Trinajstić information content (AvgIpc) is 2.56. The lowest BCUT2D eigenvalue weighted by atomic mass is 10.2. The fourth-order valence-corrected chi connectivity index (χ4v) is 4.29. The predicted octanol–water partition coefficient (Wildman–Crippen LogP) is 3.77. The van der Waals surface area contributed by atoms with Gasteiger partial charge in [-0.2, -0.15) is 0 Å². The molecule has 1 rings (SSSR count). The molecule has 1 aromatic rings. The molecule has 0 saturated carbocycles. The number of aliphatic hydroxyl groups excluding tert-OH is 1. The Labute approximate surface area is 165 Å². The highest BCUT2D eigenvalue weighted by Crippen LogP contribution is 2.37. The molecule has 0 heterocycles. The lowest BCUT2D eigenvalue weighted by molar-refractivity contribution is 0.263. The van der Waals surface area contributed by atoms with Crippen molar-refractivity contribution in [2.45, 2.75) is 56.8 Å². The maximum Gasteiger partial charge on any atom is 0.240 e. The van der Waals surface area contributed by atoms with Gasteiger partial charge in [-0.1, -0.05) is 50.6 Å². The number of hydrogen-bond acceptors (Lipinski definition) is 4. The molecule has 0 radical (unpaired) electrons. The molecular formula is C20H33NO4SSi. The standard InChI is InChI=1S/C20H33NO4SSi/c1-8-18(25-27(6,7)20(3,4)5)13-17(15-22)14-21-26(23,24)19-11-9-16(2)10-12-19/h8-13,18,21-22H,1,14-15H2,2-7H3/b17-13+/t18-/m0/s1. The molecule has 0 aliphatic carbocycles. The summed E-state index contributed by atoms with van der Waals surface area (Å²) in [6.07, 6.45) is 3.03. The van der Waals surface area contributed by atoms with Gasteiger partial charge >= 0.3 is 0 Å². The van der Waals surface area contributed by atoms with Crippen molar-refractivity contribution in [1.82, 2.24) is 4.72 Å². The van der Waals surface area contributed by atoms with Gasteiger partial charge in [0.25, 0.3) is 0 Å². The topological polar surface area (TPSA) is 75.6 Å². The average molecular weight is 412 g/mol. The second kappa shape index (κ2) is 9.30. The molecule has 0 aliphatic rings. The molecule has 5 nitrogen and oxygen atoms in total. The van der Waals surface area contributed by atoms with E-state index < -0.39 is 18.3 Å². The molecule has 1 atom stereocenters. The Bertz CT molecular complexity index is 762. The van der Waals surface area contributed by atoms with Crippen LogP contribution in [0.25, 0.3) is 0 Å². The van der Waals surface area contributed by atoms with Crippen LogP contribution < -0.4 is 4.72 Å². The van der Waals surface area contributed by atoms with Gasteiger partial charge in [0.05, 0.1) is 17.6 Å². The maximum atomic E-state index is 12.4. The number of hydrogen-bond donors (Lipinski definition) is 2. The number of aryl methyl sites for hydroxylation is 1. The van der Waals surface area contributed by atoms with Crippen molar-refractivity contribution in [3.63, 3.8) is 0 Å². The van der Waals surface area contributed by atoms with Gasteiger partial charge in [-0.15, -0.1) is 6.58 Å². The first kappa shape index (κ1) is 23.8. The Morgan fingerprint density at radius 3 is 2.30 bits per heavy atom. The molecule has 2 N–H and O–H groups in total. The fourth-order valence-electron chi connectivity index (χ4n) is 2.06. The summed E-state index contributed by atoms with van der Waals surface area (Å²) in [7, 11) is -5.67. The van der Waals surface area contributed by atoms with Crippen LogP contribution in [0.2, 0.25) is 18.1 Å². The molecule has 7 heteroatoms. The second-order valence-electron chi connectivity index (χ2n) is 8.20. The highest BCUT2D eigenvalue weighted by Gasteiger charge is 2.38. The molecule has 1 aromatic carbocycles. The van der Waals surface area contributed by atoms with Crippen molar-refractivity contribution in [3.8, 4) is 0 Å². The molecule has 27 heavy (non-hydrogen) atoms. The zero-order valence-corrected chi connectivity index (χ0v) is 19.1. The van der Waals surface area contributed by atoms with E-state index in [4.69, 9.17) is 4.43 Å². The van der Waals surface area contributed by atoms with E-state index in [1.165, 1.54) is 0 Å². The minimum atomic E-state index is -3.64. The molecule has 0 aromatic heterocycles. The summed E-state index contributed by atoms with van der Waals surface area (Å²) in [6, 6.07) is 6.62. The highest BCUT2D eigenvalue weighted by atomic mass is 32.2. The van der Waals surface area contributed by atoms with E-state index in [0.717, 1.165) is 5.56 Å². The van der Waals surface area contributed by atoms with E-state index >= 15 is 0 Å². The first-order chi connectivity index (χ1) is 12.3. The molecule has 0 amide bonds. The summed E-state index contributed by atoms with van der Waals surface area (Å²) < 4.78 is 33.6. The summed E-state index contributed by atoms with van der Waals surface area (Å²) >= 11 is 0. The summed E-state index contributed by atoms with van der Waals surface area (Å²) in [6.45, 7) is 16.2. The van der Waals surface area contributed by atoms with Crippen LogP contribution in [0.15, 0.2) is 53.5 Å². The van der Waals surface area contributed by atoms with Crippen LogP contribution in [-0.4, -0.2) is 41.1 Å². The quantitative estimate of drug-likeness (QED) is 0.479. The zero-order valence-electron chi connectivity index (χ0n) is 17.2. The van der Waals surface area contributed by atoms with Gasteiger partial charge in [0.15, 0.2) is 8.32 Å². The normalized spacial score (nSPS) is 14.9. The van der Waals surface area contributed by atoms with Crippen LogP contribution in [-0.2, 0) is 14.4 Å². The van der Waals surface area contributed by atoms with Gasteiger partial charge in [-0.3, -0.25) is 0 Å². The smallest absolute Gasteiger partial charge is 0.240 e. The van der Waals surface area contributed by atoms with E-state index in [-0.39, 0.29) is 29.2 Å². The molecule has 0 bridgehead atoms. The van der Waals surface area contributed by atoms with Crippen molar-refractivity contribution < 1.29 is 18.0 Å². The van der Waals surface area contributed by atoms with Crippen LogP contribution in [0.5, 0.6) is 0 Å². The van der Waals surface area contributed by atoms with Crippen LogP contribution >= 0.6 is 0 Å². The van der Waals surface area contributed by atoms with E-state index in [1.54, 1.807) is 36.4 Å². The van der Waals surface area contributed by atoms with E-state index in [2.05, 4.69) is 45.2 Å². The first-order valence-electron chi connectivity index (χ1n) is 8.99. The molecular weight excluding hydrogens is 378 g/mol. The Balaban J connectivity index is 2.89. The van der Waals surface area contributed by atoms with Crippen molar-refractivity contribution >= 4 is 18.3 Å². The van der Waals surface area contributed by atoms with Crippen molar-refractivity contribution in [2.75, 3.05) is 13.2 Å². The monoisotopic (exact) mass is 411 g/mol. The van der Waals surface area contributed by atoms with Crippen LogP contribution in [0.4, 0.5) is 0 Å². The maximum absolute atomic E-state index is 12.4. The first-order valence-corrected chi connectivity index (χ1v) is 13.4. The third kappa shape index (κ3) is 7.01. The van der Waals surface area contributed by atoms with E-state index in [0.29, 0.717) is 5.57 Å². The van der Waals surface area contributed by atoms with Gasteiger partial charge in [-0.05, 0) is 42.8 Å². The van der Waals surface area contributed by atoms with Gasteiger partial charge in [0, 0.05) is 6.54 Å². The molecule has 0 unspecified atom stereocenters. The molecule has 0 saturated heterocycles. The number of nitrogens with one attached hydrogen (secondary N) is 1. The number of aliphatic hydroxyl groups is 1. The minimum absolute atomic E-state index is 0.0118. The van der Waals surface area contributed by atoms with Crippen LogP contribution in [0.1, 0.15) is 26.3 Å². The van der Waals surface area contributed by atoms with Gasteiger partial charge < -0.3 is 9.53 Å². The number of rotatable bonds is 9. The lowest BCUT2D eigenvalue weighted by Crippen LogP contribution is -2.43. The molecule has 0 fully saturated rings. The van der Waals surface area contributed by atoms with Crippen LogP contribution in [0, 0.1) is 6.92 Å². The molecule has 0 spiro atoms. The Morgan fingerprint density at radius 2 is 1.85 bits per heavy atom. The summed E-state index contributed by atoms with van der Waals surface area (Å²) in [5.41, 5.74) is 1.52. The summed E-state index contributed by atoms with van der Waals surface area (Å²) in [5.74, 6) is 0. The SMILES string of the molecule is C=C[C@@H](/C=C(/CO)CNS(=O)(=O)c1ccc(C)cc1)O[Si](C)(C)C(C)(C)C. The van der Waals surface area contributed by atoms with Crippen molar-refractivity contribution in [1.29, 1.82) is 0 Å². The highest BCUT2D eigenvalue weighted by molar-refractivity contribution is 7.89. The van der Waals surface area contributed by atoms with E-state index in [9.17, 15) is 13.5 Å². The third-order valence-electron chi connectivity index (χ3n) is 4.89. The molecule has 152 valence electrons.